The molecule has 2 nitrogen and oxygen atoms in total. The zero-order valence-electron chi connectivity index (χ0n) is 10.2. The molecule has 0 atom stereocenters. The van der Waals surface area contributed by atoms with Crippen molar-refractivity contribution < 1.29 is 4.74 Å². The number of thioether (sulfide) groups is 1. The Kier molecular flexibility index (Phi) is 4.51. The molecule has 0 heterocycles. The third kappa shape index (κ3) is 3.27. The average molecular weight is 249 g/mol. The van der Waals surface area contributed by atoms with Crippen molar-refractivity contribution in [3.05, 3.63) is 36.9 Å². The summed E-state index contributed by atoms with van der Waals surface area (Å²) in [5.41, 5.74) is 1.24. The van der Waals surface area contributed by atoms with Crippen LogP contribution >= 0.6 is 11.8 Å². The molecule has 1 aliphatic carbocycles. The van der Waals surface area contributed by atoms with Crippen LogP contribution in [-0.4, -0.2) is 25.0 Å². The van der Waals surface area contributed by atoms with Crippen LogP contribution in [0.3, 0.4) is 0 Å². The summed E-state index contributed by atoms with van der Waals surface area (Å²) in [5, 5.41) is 3.59. The van der Waals surface area contributed by atoms with Crippen LogP contribution in [0.5, 0.6) is 0 Å². The van der Waals surface area contributed by atoms with Crippen LogP contribution in [0, 0.1) is 0 Å². The monoisotopic (exact) mass is 249 g/mol. The van der Waals surface area contributed by atoms with Gasteiger partial charge < -0.3 is 10.1 Å². The van der Waals surface area contributed by atoms with E-state index in [2.05, 4.69) is 36.2 Å². The largest absolute Gasteiger partial charge is 0.381 e. The van der Waals surface area contributed by atoms with E-state index in [9.17, 15) is 0 Å². The van der Waals surface area contributed by atoms with Gasteiger partial charge >= 0.3 is 0 Å². The number of rotatable bonds is 6. The standard InChI is InChI=1S/C14H19NOS/c1-3-8-17-14-7-5-4-6-13(14)15-11-9-12(10-11)16-2/h3-7,11-12,15H,1,8-10H2,2H3. The highest BCUT2D eigenvalue weighted by molar-refractivity contribution is 7.99. The maximum atomic E-state index is 5.29. The van der Waals surface area contributed by atoms with Gasteiger partial charge in [-0.15, -0.1) is 18.3 Å². The first kappa shape index (κ1) is 12.5. The van der Waals surface area contributed by atoms with Crippen LogP contribution in [0.25, 0.3) is 0 Å². The van der Waals surface area contributed by atoms with Gasteiger partial charge in [0, 0.05) is 29.5 Å². The maximum Gasteiger partial charge on any atom is 0.0610 e. The number of benzene rings is 1. The number of nitrogens with one attached hydrogen (secondary N) is 1. The molecule has 1 aromatic carbocycles. The molecule has 1 aliphatic rings. The number of anilines is 1. The van der Waals surface area contributed by atoms with Gasteiger partial charge in [0.05, 0.1) is 6.10 Å². The van der Waals surface area contributed by atoms with Gasteiger partial charge in [-0.2, -0.15) is 0 Å². The fraction of sp³-hybridized carbons (Fsp3) is 0.429. The Bertz CT molecular complexity index is 374. The van der Waals surface area contributed by atoms with E-state index in [4.69, 9.17) is 4.74 Å². The van der Waals surface area contributed by atoms with Crippen molar-refractivity contribution in [2.75, 3.05) is 18.2 Å². The number of para-hydroxylation sites is 1. The zero-order chi connectivity index (χ0) is 12.1. The summed E-state index contributed by atoms with van der Waals surface area (Å²) in [6.07, 6.45) is 4.60. The molecule has 0 aromatic heterocycles. The fourth-order valence-electron chi connectivity index (χ4n) is 1.96. The minimum atomic E-state index is 0.445. The van der Waals surface area contributed by atoms with E-state index >= 15 is 0 Å². The highest BCUT2D eigenvalue weighted by atomic mass is 32.2. The average Bonchev–Trinajstić information content (AvgIpc) is 2.31. The fourth-order valence-corrected chi connectivity index (χ4v) is 2.71. The molecule has 0 unspecified atom stereocenters. The Morgan fingerprint density at radius 2 is 2.24 bits per heavy atom. The van der Waals surface area contributed by atoms with Crippen LogP contribution < -0.4 is 5.32 Å². The number of hydrogen-bond donors (Lipinski definition) is 1. The Labute approximate surface area is 107 Å². The first-order valence-electron chi connectivity index (χ1n) is 5.95. The summed E-state index contributed by atoms with van der Waals surface area (Å²) in [5.74, 6) is 0.948. The summed E-state index contributed by atoms with van der Waals surface area (Å²) in [4.78, 5) is 1.30. The second-order valence-electron chi connectivity index (χ2n) is 4.27. The minimum Gasteiger partial charge on any atom is -0.381 e. The van der Waals surface area contributed by atoms with Crippen LogP contribution in [0.1, 0.15) is 12.8 Å². The lowest BCUT2D eigenvalue weighted by Gasteiger charge is -2.35. The summed E-state index contributed by atoms with van der Waals surface area (Å²) < 4.78 is 5.29. The lowest BCUT2D eigenvalue weighted by Crippen LogP contribution is -2.40. The van der Waals surface area contributed by atoms with Gasteiger partial charge in [-0.05, 0) is 25.0 Å². The Hall–Kier alpha value is -0.930. The molecule has 0 spiro atoms. The first-order valence-corrected chi connectivity index (χ1v) is 6.94. The van der Waals surface area contributed by atoms with Gasteiger partial charge in [-0.1, -0.05) is 18.2 Å². The van der Waals surface area contributed by atoms with Gasteiger partial charge in [0.2, 0.25) is 0 Å². The van der Waals surface area contributed by atoms with Gasteiger partial charge in [0.15, 0.2) is 0 Å². The highest BCUT2D eigenvalue weighted by Gasteiger charge is 2.29. The van der Waals surface area contributed by atoms with Gasteiger partial charge in [-0.3, -0.25) is 0 Å². The maximum absolute atomic E-state index is 5.29. The van der Waals surface area contributed by atoms with E-state index in [1.165, 1.54) is 10.6 Å². The third-order valence-electron chi connectivity index (χ3n) is 3.03. The van der Waals surface area contributed by atoms with Crippen LogP contribution in [-0.2, 0) is 4.74 Å². The molecule has 17 heavy (non-hydrogen) atoms. The van der Waals surface area contributed by atoms with Crippen molar-refractivity contribution in [1.29, 1.82) is 0 Å². The van der Waals surface area contributed by atoms with Crippen LogP contribution in [0.15, 0.2) is 41.8 Å². The molecule has 0 radical (unpaired) electrons. The lowest BCUT2D eigenvalue weighted by atomic mass is 9.89. The molecule has 1 aromatic rings. The predicted molar refractivity (Wildman–Crippen MR) is 74.8 cm³/mol. The molecule has 0 aliphatic heterocycles. The van der Waals surface area contributed by atoms with E-state index in [1.807, 2.05) is 17.8 Å². The quantitative estimate of drug-likeness (QED) is 0.615. The van der Waals surface area contributed by atoms with Crippen LogP contribution in [0.4, 0.5) is 5.69 Å². The van der Waals surface area contributed by atoms with Crippen molar-refractivity contribution >= 4 is 17.4 Å². The predicted octanol–water partition coefficient (Wildman–Crippen LogP) is 3.55. The molecule has 0 saturated heterocycles. The van der Waals surface area contributed by atoms with Gasteiger partial charge in [0.25, 0.3) is 0 Å². The van der Waals surface area contributed by atoms with Crippen molar-refractivity contribution in [2.45, 2.75) is 29.9 Å². The topological polar surface area (TPSA) is 21.3 Å². The van der Waals surface area contributed by atoms with E-state index < -0.39 is 0 Å². The lowest BCUT2D eigenvalue weighted by molar-refractivity contribution is 0.0328. The van der Waals surface area contributed by atoms with E-state index in [0.29, 0.717) is 12.1 Å². The van der Waals surface area contributed by atoms with Crippen molar-refractivity contribution in [3.8, 4) is 0 Å². The van der Waals surface area contributed by atoms with Gasteiger partial charge in [-0.25, -0.2) is 0 Å². The van der Waals surface area contributed by atoms with Gasteiger partial charge in [0.1, 0.15) is 0 Å². The molecule has 92 valence electrons. The summed E-state index contributed by atoms with van der Waals surface area (Å²) in [6.45, 7) is 3.76. The molecule has 1 N–H and O–H groups in total. The van der Waals surface area contributed by atoms with Crippen molar-refractivity contribution in [1.82, 2.24) is 0 Å². The molecule has 0 bridgehead atoms. The SMILES string of the molecule is C=CCSc1ccccc1NC1CC(OC)C1. The molecule has 0 amide bonds. The number of methoxy groups -OCH3 is 1. The smallest absolute Gasteiger partial charge is 0.0610 e. The minimum absolute atomic E-state index is 0.445. The Balaban J connectivity index is 1.93. The summed E-state index contributed by atoms with van der Waals surface area (Å²) in [7, 11) is 1.79. The molecular formula is C14H19NOS. The molecule has 1 saturated carbocycles. The van der Waals surface area contributed by atoms with Crippen molar-refractivity contribution in [3.63, 3.8) is 0 Å². The molecular weight excluding hydrogens is 230 g/mol. The molecule has 1 fully saturated rings. The summed E-state index contributed by atoms with van der Waals surface area (Å²) in [6, 6.07) is 9.02. The van der Waals surface area contributed by atoms with E-state index in [-0.39, 0.29) is 0 Å². The zero-order valence-corrected chi connectivity index (χ0v) is 11.0. The van der Waals surface area contributed by atoms with Crippen LogP contribution in [0.2, 0.25) is 0 Å². The Morgan fingerprint density at radius 1 is 1.47 bits per heavy atom. The van der Waals surface area contributed by atoms with E-state index in [1.54, 1.807) is 7.11 Å². The summed E-state index contributed by atoms with van der Waals surface area (Å²) >= 11 is 1.82. The number of ether oxygens (including phenoxy) is 1. The molecule has 3 heteroatoms. The first-order chi connectivity index (χ1) is 8.33. The highest BCUT2D eigenvalue weighted by Crippen LogP contribution is 2.31. The third-order valence-corrected chi connectivity index (χ3v) is 4.10. The second kappa shape index (κ2) is 6.12. The Morgan fingerprint density at radius 3 is 2.94 bits per heavy atom. The second-order valence-corrected chi connectivity index (χ2v) is 5.33. The number of hydrogen-bond acceptors (Lipinski definition) is 3. The normalized spacial score (nSPS) is 22.9. The van der Waals surface area contributed by atoms with E-state index in [0.717, 1.165) is 18.6 Å². The molecule has 2 rings (SSSR count). The van der Waals surface area contributed by atoms with Crippen molar-refractivity contribution in [2.24, 2.45) is 0 Å².